The van der Waals surface area contributed by atoms with Crippen molar-refractivity contribution in [3.63, 3.8) is 0 Å². The van der Waals surface area contributed by atoms with Gasteiger partial charge in [-0.05, 0) is 48.6 Å². The summed E-state index contributed by atoms with van der Waals surface area (Å²) in [5.74, 6) is -0.471. The number of amides is 1. The fourth-order valence-corrected chi connectivity index (χ4v) is 4.46. The van der Waals surface area contributed by atoms with Crippen LogP contribution in [-0.4, -0.2) is 31.0 Å². The molecule has 0 aliphatic carbocycles. The maximum Gasteiger partial charge on any atom is 0.416 e. The lowest BCUT2D eigenvalue weighted by Crippen LogP contribution is -2.57. The smallest absolute Gasteiger partial charge is 0.371 e. The van der Waals surface area contributed by atoms with Crippen LogP contribution in [0.2, 0.25) is 0 Å². The van der Waals surface area contributed by atoms with E-state index in [-0.39, 0.29) is 42.5 Å². The zero-order chi connectivity index (χ0) is 26.6. The number of nitrogens with one attached hydrogen (secondary N) is 2. The largest absolute Gasteiger partial charge is 0.416 e. The van der Waals surface area contributed by atoms with Gasteiger partial charge in [-0.3, -0.25) is 4.79 Å². The molecule has 3 atom stereocenters. The molecule has 1 amide bonds. The number of rotatable bonds is 8. The third-order valence-electron chi connectivity index (χ3n) is 6.30. The maximum absolute atomic E-state index is 13.4. The van der Waals surface area contributed by atoms with E-state index in [1.807, 2.05) is 30.3 Å². The topological polar surface area (TPSA) is 50.4 Å². The van der Waals surface area contributed by atoms with Crippen molar-refractivity contribution in [2.24, 2.45) is 0 Å². The highest BCUT2D eigenvalue weighted by Crippen LogP contribution is 2.39. The number of hydrogen-bond donors (Lipinski definition) is 2. The monoisotopic (exact) mass is 536 g/mol. The molecule has 0 bridgehead atoms. The van der Waals surface area contributed by atoms with Crippen LogP contribution in [0.3, 0.4) is 0 Å². The van der Waals surface area contributed by atoms with E-state index in [9.17, 15) is 31.1 Å². The second-order valence-corrected chi connectivity index (χ2v) is 9.08. The molecule has 36 heavy (non-hydrogen) atoms. The summed E-state index contributed by atoms with van der Waals surface area (Å²) < 4.78 is 86.2. The molecule has 0 saturated carbocycles. The summed E-state index contributed by atoms with van der Waals surface area (Å²) in [5.41, 5.74) is -2.82. The number of benzene rings is 2. The standard InChI is InChI=1S/C25H27ClF6N2O2/c1-2-21(16-10-18(24(27,28)29)12-19(11-16)25(30,31)32)36-15-23(17-6-4-3-5-7-17)9-8-20(14-33-23)34-22(35)13-26/h3-7,10-12,20-21,33H,2,8-9,13-15H2,1H3,(H,34,35)/t20-,21+,23+/m0/s1. The van der Waals surface area contributed by atoms with Gasteiger partial charge in [-0.2, -0.15) is 26.3 Å². The van der Waals surface area contributed by atoms with Gasteiger partial charge < -0.3 is 15.4 Å². The molecule has 1 heterocycles. The van der Waals surface area contributed by atoms with Gasteiger partial charge in [-0.25, -0.2) is 0 Å². The van der Waals surface area contributed by atoms with Crippen molar-refractivity contribution in [3.05, 3.63) is 70.8 Å². The predicted molar refractivity (Wildman–Crippen MR) is 123 cm³/mol. The lowest BCUT2D eigenvalue weighted by molar-refractivity contribution is -0.143. The second kappa shape index (κ2) is 11.4. The zero-order valence-corrected chi connectivity index (χ0v) is 20.2. The van der Waals surface area contributed by atoms with Crippen molar-refractivity contribution < 1.29 is 35.9 Å². The van der Waals surface area contributed by atoms with Gasteiger partial charge >= 0.3 is 12.4 Å². The van der Waals surface area contributed by atoms with Gasteiger partial charge in [0.1, 0.15) is 5.88 Å². The summed E-state index contributed by atoms with van der Waals surface area (Å²) in [7, 11) is 0. The van der Waals surface area contributed by atoms with Crippen LogP contribution in [0.15, 0.2) is 48.5 Å². The summed E-state index contributed by atoms with van der Waals surface area (Å²) in [6.45, 7) is 2.03. The van der Waals surface area contributed by atoms with Gasteiger partial charge in [0, 0.05) is 12.6 Å². The molecule has 11 heteroatoms. The Morgan fingerprint density at radius 1 is 1.11 bits per heavy atom. The molecule has 2 N–H and O–H groups in total. The number of carbonyl (C=O) groups is 1. The Kier molecular flexibility index (Phi) is 8.95. The fourth-order valence-electron chi connectivity index (χ4n) is 4.39. The van der Waals surface area contributed by atoms with Gasteiger partial charge in [-0.15, -0.1) is 11.6 Å². The maximum atomic E-state index is 13.4. The Morgan fingerprint density at radius 3 is 2.19 bits per heavy atom. The van der Waals surface area contributed by atoms with Crippen LogP contribution in [0.25, 0.3) is 0 Å². The number of ether oxygens (including phenoxy) is 1. The average Bonchev–Trinajstić information content (AvgIpc) is 2.84. The molecule has 0 spiro atoms. The molecule has 0 unspecified atom stereocenters. The minimum absolute atomic E-state index is 0.00326. The van der Waals surface area contributed by atoms with E-state index in [0.717, 1.165) is 5.56 Å². The van der Waals surface area contributed by atoms with Gasteiger partial charge in [0.2, 0.25) is 5.91 Å². The quantitative estimate of drug-likeness (QED) is 0.312. The highest BCUT2D eigenvalue weighted by Gasteiger charge is 2.40. The first-order chi connectivity index (χ1) is 16.9. The van der Waals surface area contributed by atoms with Crippen molar-refractivity contribution in [3.8, 4) is 0 Å². The van der Waals surface area contributed by atoms with Crippen LogP contribution in [0, 0.1) is 0 Å². The first kappa shape index (κ1) is 28.3. The van der Waals surface area contributed by atoms with Crippen LogP contribution in [0.4, 0.5) is 26.3 Å². The molecule has 0 aromatic heterocycles. The Morgan fingerprint density at radius 2 is 1.72 bits per heavy atom. The van der Waals surface area contributed by atoms with E-state index in [0.29, 0.717) is 31.5 Å². The number of halogens is 7. The van der Waals surface area contributed by atoms with E-state index in [1.165, 1.54) is 0 Å². The third kappa shape index (κ3) is 6.92. The molecular weight excluding hydrogens is 510 g/mol. The summed E-state index contributed by atoms with van der Waals surface area (Å²) in [6, 6.07) is 10.6. The van der Waals surface area contributed by atoms with Crippen molar-refractivity contribution >= 4 is 17.5 Å². The van der Waals surface area contributed by atoms with Crippen molar-refractivity contribution in [2.45, 2.75) is 56.2 Å². The Hall–Kier alpha value is -2.30. The number of carbonyl (C=O) groups excluding carboxylic acids is 1. The molecule has 2 aromatic carbocycles. The van der Waals surface area contributed by atoms with E-state index >= 15 is 0 Å². The van der Waals surface area contributed by atoms with E-state index < -0.39 is 35.1 Å². The lowest BCUT2D eigenvalue weighted by atomic mass is 9.81. The molecule has 1 fully saturated rings. The van der Waals surface area contributed by atoms with Gasteiger partial charge in [0.25, 0.3) is 0 Å². The number of alkyl halides is 7. The minimum Gasteiger partial charge on any atom is -0.371 e. The normalized spacial score (nSPS) is 21.7. The molecular formula is C25H27ClF6N2O2. The first-order valence-electron chi connectivity index (χ1n) is 11.4. The molecule has 1 saturated heterocycles. The summed E-state index contributed by atoms with van der Waals surface area (Å²) in [5, 5.41) is 6.20. The average molecular weight is 537 g/mol. The fraction of sp³-hybridized carbons (Fsp3) is 0.480. The van der Waals surface area contributed by atoms with E-state index in [4.69, 9.17) is 16.3 Å². The van der Waals surface area contributed by atoms with Crippen LogP contribution < -0.4 is 10.6 Å². The lowest BCUT2D eigenvalue weighted by Gasteiger charge is -2.42. The van der Waals surface area contributed by atoms with Gasteiger partial charge in [0.15, 0.2) is 0 Å². The van der Waals surface area contributed by atoms with Crippen molar-refractivity contribution in [2.75, 3.05) is 19.0 Å². The van der Waals surface area contributed by atoms with Crippen LogP contribution >= 0.6 is 11.6 Å². The predicted octanol–water partition coefficient (Wildman–Crippen LogP) is 6.19. The first-order valence-corrected chi connectivity index (χ1v) is 12.0. The van der Waals surface area contributed by atoms with E-state index in [2.05, 4.69) is 10.6 Å². The van der Waals surface area contributed by atoms with Crippen LogP contribution in [0.5, 0.6) is 0 Å². The summed E-state index contributed by atoms with van der Waals surface area (Å²) in [4.78, 5) is 11.7. The molecule has 3 rings (SSSR count). The molecule has 198 valence electrons. The molecule has 4 nitrogen and oxygen atoms in total. The Bertz CT molecular complexity index is 989. The van der Waals surface area contributed by atoms with Crippen LogP contribution in [-0.2, 0) is 27.4 Å². The van der Waals surface area contributed by atoms with Crippen molar-refractivity contribution in [1.29, 1.82) is 0 Å². The SMILES string of the molecule is CC[C@@H](OC[C@@]1(c2ccccc2)CC[C@H](NC(=O)CCl)CN1)c1cc(C(F)(F)F)cc(C(F)(F)F)c1. The molecule has 1 aliphatic rings. The van der Waals surface area contributed by atoms with E-state index in [1.54, 1.807) is 6.92 Å². The van der Waals surface area contributed by atoms with Gasteiger partial charge in [0.05, 0.1) is 29.4 Å². The Balaban J connectivity index is 1.87. The molecule has 1 aliphatic heterocycles. The van der Waals surface area contributed by atoms with Gasteiger partial charge in [-0.1, -0.05) is 37.3 Å². The Labute approximate surface area is 210 Å². The third-order valence-corrected chi connectivity index (χ3v) is 6.55. The number of hydrogen-bond acceptors (Lipinski definition) is 3. The summed E-state index contributed by atoms with van der Waals surface area (Å²) >= 11 is 5.57. The van der Waals surface area contributed by atoms with Crippen LogP contribution in [0.1, 0.15) is 54.5 Å². The second-order valence-electron chi connectivity index (χ2n) is 8.81. The number of piperidine rings is 1. The van der Waals surface area contributed by atoms with Crippen molar-refractivity contribution in [1.82, 2.24) is 10.6 Å². The zero-order valence-electron chi connectivity index (χ0n) is 19.5. The molecule has 2 aromatic rings. The summed E-state index contributed by atoms with van der Waals surface area (Å²) in [6.07, 6.45) is -9.62. The molecule has 0 radical (unpaired) electrons. The minimum atomic E-state index is -4.94. The highest BCUT2D eigenvalue weighted by molar-refractivity contribution is 6.27. The highest BCUT2D eigenvalue weighted by atomic mass is 35.5.